The van der Waals surface area contributed by atoms with Crippen LogP contribution in [0.5, 0.6) is 0 Å². The van der Waals surface area contributed by atoms with E-state index in [1.54, 1.807) is 34.0 Å². The van der Waals surface area contributed by atoms with E-state index in [1.807, 2.05) is 43.3 Å². The van der Waals surface area contributed by atoms with E-state index in [9.17, 15) is 14.9 Å². The number of nitrogens with zero attached hydrogens (tertiary/aromatic N) is 5. The van der Waals surface area contributed by atoms with Crippen LogP contribution in [-0.2, 0) is 11.3 Å². The maximum Gasteiger partial charge on any atom is 0.274 e. The first-order valence-corrected chi connectivity index (χ1v) is 10.9. The van der Waals surface area contributed by atoms with Gasteiger partial charge < -0.3 is 14.5 Å². The van der Waals surface area contributed by atoms with E-state index in [0.29, 0.717) is 24.5 Å². The molecule has 9 heteroatoms. The summed E-state index contributed by atoms with van der Waals surface area (Å²) in [5.74, 6) is -0.178. The number of nitro groups is 1. The number of ether oxygens (including phenoxy) is 1. The molecule has 1 aromatic heterocycles. The van der Waals surface area contributed by atoms with Crippen molar-refractivity contribution in [3.63, 3.8) is 0 Å². The molecular weight excluding hydrogens is 422 g/mol. The van der Waals surface area contributed by atoms with Crippen molar-refractivity contribution in [2.45, 2.75) is 25.5 Å². The fraction of sp³-hybridized carbons (Fsp3) is 0.333. The summed E-state index contributed by atoms with van der Waals surface area (Å²) in [7, 11) is 3.98. The van der Waals surface area contributed by atoms with Crippen LogP contribution in [0.1, 0.15) is 28.9 Å². The summed E-state index contributed by atoms with van der Waals surface area (Å²) in [6.45, 7) is 1.68. The number of non-ortho nitro benzene ring substituents is 1. The lowest BCUT2D eigenvalue weighted by Crippen LogP contribution is -2.37. The van der Waals surface area contributed by atoms with Crippen LogP contribution in [0, 0.1) is 10.1 Å². The lowest BCUT2D eigenvalue weighted by atomic mass is 10.1. The lowest BCUT2D eigenvalue weighted by Gasteiger charge is -2.25. The Bertz CT molecular complexity index is 1100. The Morgan fingerprint density at radius 3 is 2.48 bits per heavy atom. The summed E-state index contributed by atoms with van der Waals surface area (Å²) < 4.78 is 7.33. The smallest absolute Gasteiger partial charge is 0.274 e. The van der Waals surface area contributed by atoms with Crippen LogP contribution >= 0.6 is 0 Å². The van der Waals surface area contributed by atoms with Crippen molar-refractivity contribution in [3.8, 4) is 5.69 Å². The average Bonchev–Trinajstić information content (AvgIpc) is 3.51. The molecule has 33 heavy (non-hydrogen) atoms. The molecule has 9 nitrogen and oxygen atoms in total. The molecule has 0 bridgehead atoms. The largest absolute Gasteiger partial charge is 0.378 e. The van der Waals surface area contributed by atoms with Crippen LogP contribution in [0.2, 0.25) is 0 Å². The van der Waals surface area contributed by atoms with Crippen LogP contribution < -0.4 is 4.90 Å². The molecule has 1 fully saturated rings. The second-order valence-electron chi connectivity index (χ2n) is 8.30. The molecule has 0 radical (unpaired) electrons. The van der Waals surface area contributed by atoms with Gasteiger partial charge in [0.2, 0.25) is 0 Å². The third-order valence-electron chi connectivity index (χ3n) is 5.69. The molecule has 1 saturated heterocycles. The van der Waals surface area contributed by atoms with Gasteiger partial charge in [-0.2, -0.15) is 5.10 Å². The molecule has 2 aromatic carbocycles. The summed E-state index contributed by atoms with van der Waals surface area (Å²) in [6.07, 6.45) is 3.64. The number of carbonyl (C=O) groups is 1. The molecule has 1 unspecified atom stereocenters. The summed E-state index contributed by atoms with van der Waals surface area (Å²) in [6, 6.07) is 15.8. The standard InChI is InChI=1S/C24H27N5O4/c1-26(2)19-7-5-18(6-8-19)16-27(17-22-4-3-15-33-22)24(30)23-13-14-28(25-23)20-9-11-21(12-10-20)29(31)32/h5-14,22H,3-4,15-17H2,1-2H3. The fourth-order valence-electron chi connectivity index (χ4n) is 3.84. The predicted molar refractivity (Wildman–Crippen MR) is 125 cm³/mol. The highest BCUT2D eigenvalue weighted by Crippen LogP contribution is 2.20. The van der Waals surface area contributed by atoms with Crippen LogP contribution in [0.4, 0.5) is 11.4 Å². The monoisotopic (exact) mass is 449 g/mol. The van der Waals surface area contributed by atoms with Crippen molar-refractivity contribution in [3.05, 3.63) is 82.2 Å². The molecule has 0 saturated carbocycles. The maximum absolute atomic E-state index is 13.4. The van der Waals surface area contributed by atoms with Gasteiger partial charge in [0.1, 0.15) is 0 Å². The van der Waals surface area contributed by atoms with Crippen molar-refractivity contribution in [1.82, 2.24) is 14.7 Å². The Labute approximate surface area is 192 Å². The van der Waals surface area contributed by atoms with Gasteiger partial charge in [0.25, 0.3) is 11.6 Å². The van der Waals surface area contributed by atoms with E-state index < -0.39 is 4.92 Å². The SMILES string of the molecule is CN(C)c1ccc(CN(CC2CCCO2)C(=O)c2ccn(-c3ccc([N+](=O)[O-])cc3)n2)cc1. The number of aromatic nitrogens is 2. The minimum Gasteiger partial charge on any atom is -0.378 e. The highest BCUT2D eigenvalue weighted by molar-refractivity contribution is 5.92. The zero-order chi connectivity index (χ0) is 23.4. The van der Waals surface area contributed by atoms with Crippen molar-refractivity contribution in [2.24, 2.45) is 0 Å². The van der Waals surface area contributed by atoms with Gasteiger partial charge in [0.15, 0.2) is 5.69 Å². The lowest BCUT2D eigenvalue weighted by molar-refractivity contribution is -0.384. The molecule has 1 atom stereocenters. The Morgan fingerprint density at radius 1 is 1.15 bits per heavy atom. The van der Waals surface area contributed by atoms with E-state index in [2.05, 4.69) is 5.10 Å². The number of anilines is 1. The minimum absolute atomic E-state index is 0.00484. The number of rotatable bonds is 8. The highest BCUT2D eigenvalue weighted by Gasteiger charge is 2.25. The molecule has 0 spiro atoms. The first-order valence-electron chi connectivity index (χ1n) is 10.9. The van der Waals surface area contributed by atoms with E-state index in [0.717, 1.165) is 30.7 Å². The Balaban J connectivity index is 1.53. The van der Waals surface area contributed by atoms with Gasteiger partial charge in [0, 0.05) is 57.8 Å². The summed E-state index contributed by atoms with van der Waals surface area (Å²) in [4.78, 5) is 27.6. The number of nitro benzene ring substituents is 1. The summed E-state index contributed by atoms with van der Waals surface area (Å²) in [5, 5.41) is 15.3. The molecule has 0 N–H and O–H groups in total. The second-order valence-corrected chi connectivity index (χ2v) is 8.30. The van der Waals surface area contributed by atoms with E-state index in [4.69, 9.17) is 4.74 Å². The van der Waals surface area contributed by atoms with Crippen LogP contribution in [-0.4, -0.2) is 58.9 Å². The minimum atomic E-state index is -0.449. The van der Waals surface area contributed by atoms with Crippen LogP contribution in [0.25, 0.3) is 5.69 Å². The van der Waals surface area contributed by atoms with Crippen LogP contribution in [0.15, 0.2) is 60.8 Å². The highest BCUT2D eigenvalue weighted by atomic mass is 16.6. The van der Waals surface area contributed by atoms with Gasteiger partial charge >= 0.3 is 0 Å². The first-order chi connectivity index (χ1) is 15.9. The van der Waals surface area contributed by atoms with Gasteiger partial charge in [0.05, 0.1) is 16.7 Å². The number of benzene rings is 2. The quantitative estimate of drug-likeness (QED) is 0.385. The molecule has 4 rings (SSSR count). The fourth-order valence-corrected chi connectivity index (χ4v) is 3.84. The molecular formula is C24H27N5O4. The van der Waals surface area contributed by atoms with Crippen molar-refractivity contribution in [1.29, 1.82) is 0 Å². The number of carbonyl (C=O) groups excluding carboxylic acids is 1. The van der Waals surface area contributed by atoms with E-state index in [1.165, 1.54) is 12.1 Å². The Morgan fingerprint density at radius 2 is 1.88 bits per heavy atom. The zero-order valence-electron chi connectivity index (χ0n) is 18.8. The van der Waals surface area contributed by atoms with E-state index >= 15 is 0 Å². The van der Waals surface area contributed by atoms with Crippen LogP contribution in [0.3, 0.4) is 0 Å². The van der Waals surface area contributed by atoms with Crippen molar-refractivity contribution in [2.75, 3.05) is 32.1 Å². The normalized spacial score (nSPS) is 15.4. The molecule has 2 heterocycles. The van der Waals surface area contributed by atoms with Crippen molar-refractivity contribution < 1.29 is 14.5 Å². The Hall–Kier alpha value is -3.72. The van der Waals surface area contributed by atoms with Gasteiger partial charge in [-0.1, -0.05) is 12.1 Å². The van der Waals surface area contributed by atoms with Gasteiger partial charge in [-0.3, -0.25) is 14.9 Å². The topological polar surface area (TPSA) is 93.7 Å². The molecule has 1 aliphatic heterocycles. The molecule has 3 aromatic rings. The average molecular weight is 450 g/mol. The zero-order valence-corrected chi connectivity index (χ0v) is 18.8. The summed E-state index contributed by atoms with van der Waals surface area (Å²) in [5.41, 5.74) is 3.09. The third kappa shape index (κ3) is 5.38. The molecule has 1 aliphatic rings. The predicted octanol–water partition coefficient (Wildman–Crippen LogP) is 3.67. The molecule has 0 aliphatic carbocycles. The summed E-state index contributed by atoms with van der Waals surface area (Å²) >= 11 is 0. The van der Waals surface area contributed by atoms with Crippen molar-refractivity contribution >= 4 is 17.3 Å². The second kappa shape index (κ2) is 9.83. The molecule has 1 amide bonds. The maximum atomic E-state index is 13.4. The third-order valence-corrected chi connectivity index (χ3v) is 5.69. The number of hydrogen-bond donors (Lipinski definition) is 0. The first kappa shape index (κ1) is 22.5. The van der Waals surface area contributed by atoms with Gasteiger partial charge in [-0.25, -0.2) is 4.68 Å². The Kier molecular flexibility index (Phi) is 6.69. The molecule has 172 valence electrons. The van der Waals surface area contributed by atoms with E-state index in [-0.39, 0.29) is 17.7 Å². The van der Waals surface area contributed by atoms with Gasteiger partial charge in [-0.15, -0.1) is 0 Å². The van der Waals surface area contributed by atoms with Gasteiger partial charge in [-0.05, 0) is 48.7 Å². The number of hydrogen-bond acceptors (Lipinski definition) is 6. The number of amides is 1.